The van der Waals surface area contributed by atoms with Crippen molar-refractivity contribution >= 4 is 0 Å². The van der Waals surface area contributed by atoms with Crippen molar-refractivity contribution in [3.05, 3.63) is 0 Å². The molecule has 0 aromatic carbocycles. The van der Waals surface area contributed by atoms with Crippen molar-refractivity contribution in [3.63, 3.8) is 0 Å². The fraction of sp³-hybridized carbons (Fsp3) is 1.00. The van der Waals surface area contributed by atoms with Crippen LogP contribution in [0.3, 0.4) is 0 Å². The van der Waals surface area contributed by atoms with Crippen LogP contribution in [0, 0.1) is 11.8 Å². The lowest BCUT2D eigenvalue weighted by atomic mass is 9.78. The molecule has 0 aromatic heterocycles. The van der Waals surface area contributed by atoms with Crippen LogP contribution in [0.15, 0.2) is 0 Å². The second kappa shape index (κ2) is 7.77. The van der Waals surface area contributed by atoms with Crippen molar-refractivity contribution in [3.8, 4) is 0 Å². The van der Waals surface area contributed by atoms with Crippen LogP contribution in [0.1, 0.15) is 47.0 Å². The summed E-state index contributed by atoms with van der Waals surface area (Å²) in [6.07, 6.45) is 4.14. The van der Waals surface area contributed by atoms with Crippen LogP contribution in [0.4, 0.5) is 0 Å². The normalized spacial score (nSPS) is 30.4. The average molecular weight is 281 g/mol. The molecule has 118 valence electrons. The third-order valence-corrected chi connectivity index (χ3v) is 5.37. The Morgan fingerprint density at radius 3 is 2.25 bits per heavy atom. The van der Waals surface area contributed by atoms with Gasteiger partial charge in [0, 0.05) is 38.3 Å². The molecule has 1 heterocycles. The molecule has 1 saturated carbocycles. The Morgan fingerprint density at radius 2 is 1.75 bits per heavy atom. The first-order valence-corrected chi connectivity index (χ1v) is 8.80. The number of hydrogen-bond donors (Lipinski definition) is 1. The van der Waals surface area contributed by atoms with E-state index in [1.54, 1.807) is 0 Å². The zero-order valence-corrected chi connectivity index (χ0v) is 14.1. The van der Waals surface area contributed by atoms with Gasteiger partial charge in [0.1, 0.15) is 0 Å². The van der Waals surface area contributed by atoms with Crippen molar-refractivity contribution in [2.45, 2.75) is 59.0 Å². The van der Waals surface area contributed by atoms with E-state index in [0.29, 0.717) is 0 Å². The van der Waals surface area contributed by atoms with Crippen LogP contribution in [0.2, 0.25) is 0 Å². The second-order valence-electron chi connectivity index (χ2n) is 7.29. The van der Waals surface area contributed by atoms with Gasteiger partial charge in [-0.15, -0.1) is 0 Å². The predicted octanol–water partition coefficient (Wildman–Crippen LogP) is 2.43. The third-order valence-electron chi connectivity index (χ3n) is 5.37. The van der Waals surface area contributed by atoms with Gasteiger partial charge in [0.15, 0.2) is 0 Å². The van der Waals surface area contributed by atoms with Crippen molar-refractivity contribution in [1.82, 2.24) is 15.1 Å². The summed E-state index contributed by atoms with van der Waals surface area (Å²) in [7, 11) is 0. The van der Waals surface area contributed by atoms with Gasteiger partial charge in [-0.1, -0.05) is 20.8 Å². The van der Waals surface area contributed by atoms with Gasteiger partial charge in [-0.05, 0) is 51.1 Å². The van der Waals surface area contributed by atoms with Gasteiger partial charge in [-0.2, -0.15) is 0 Å². The Kier molecular flexibility index (Phi) is 6.31. The van der Waals surface area contributed by atoms with Gasteiger partial charge in [0.25, 0.3) is 0 Å². The minimum Gasteiger partial charge on any atom is -0.316 e. The molecule has 3 atom stereocenters. The zero-order chi connectivity index (χ0) is 14.5. The molecule has 2 fully saturated rings. The summed E-state index contributed by atoms with van der Waals surface area (Å²) in [6.45, 7) is 16.8. The molecule has 1 aliphatic heterocycles. The van der Waals surface area contributed by atoms with Crippen LogP contribution in [-0.4, -0.2) is 61.2 Å². The van der Waals surface area contributed by atoms with Crippen molar-refractivity contribution in [2.75, 3.05) is 39.3 Å². The molecule has 0 bridgehead atoms. The van der Waals surface area contributed by atoms with Crippen LogP contribution in [0.5, 0.6) is 0 Å². The second-order valence-corrected chi connectivity index (χ2v) is 7.29. The first-order valence-electron chi connectivity index (χ1n) is 8.80. The van der Waals surface area contributed by atoms with Crippen LogP contribution >= 0.6 is 0 Å². The number of hydrogen-bond acceptors (Lipinski definition) is 3. The number of nitrogens with zero attached hydrogens (tertiary/aromatic N) is 2. The Balaban J connectivity index is 1.68. The summed E-state index contributed by atoms with van der Waals surface area (Å²) in [6, 6.07) is 1.63. The lowest BCUT2D eigenvalue weighted by Crippen LogP contribution is -2.58. The molecule has 0 aromatic rings. The summed E-state index contributed by atoms with van der Waals surface area (Å²) in [4.78, 5) is 5.44. The lowest BCUT2D eigenvalue weighted by molar-refractivity contribution is 0.0109. The molecule has 1 saturated heterocycles. The van der Waals surface area contributed by atoms with Crippen LogP contribution < -0.4 is 5.32 Å². The Hall–Kier alpha value is -0.120. The minimum atomic E-state index is 0.766. The molecular weight excluding hydrogens is 246 g/mol. The summed E-state index contributed by atoms with van der Waals surface area (Å²) in [5.41, 5.74) is 0. The maximum atomic E-state index is 3.65. The average Bonchev–Trinajstić information content (AvgIpc) is 2.42. The Bertz CT molecular complexity index is 271. The van der Waals surface area contributed by atoms with Crippen LogP contribution in [0.25, 0.3) is 0 Å². The SMILES string of the molecule is CCC(C)N1CCN(C2CCC2CNCC(C)C)CC1. The molecular formula is C17H35N3. The quantitative estimate of drug-likeness (QED) is 0.773. The van der Waals surface area contributed by atoms with E-state index < -0.39 is 0 Å². The highest BCUT2D eigenvalue weighted by molar-refractivity contribution is 4.92. The first-order chi connectivity index (χ1) is 9.61. The highest BCUT2D eigenvalue weighted by Gasteiger charge is 2.36. The Labute approximate surface area is 126 Å². The van der Waals surface area contributed by atoms with E-state index in [1.165, 1.54) is 58.5 Å². The zero-order valence-electron chi connectivity index (χ0n) is 14.1. The molecule has 3 nitrogen and oxygen atoms in total. The maximum absolute atomic E-state index is 3.65. The smallest absolute Gasteiger partial charge is 0.0137 e. The summed E-state index contributed by atoms with van der Waals surface area (Å²) >= 11 is 0. The molecule has 1 aliphatic carbocycles. The van der Waals surface area contributed by atoms with Gasteiger partial charge >= 0.3 is 0 Å². The van der Waals surface area contributed by atoms with E-state index in [1.807, 2.05) is 0 Å². The predicted molar refractivity (Wildman–Crippen MR) is 87.1 cm³/mol. The minimum absolute atomic E-state index is 0.766. The fourth-order valence-corrected chi connectivity index (χ4v) is 3.60. The Morgan fingerprint density at radius 1 is 1.05 bits per heavy atom. The van der Waals surface area contributed by atoms with E-state index in [4.69, 9.17) is 0 Å². The van der Waals surface area contributed by atoms with E-state index in [2.05, 4.69) is 42.8 Å². The highest BCUT2D eigenvalue weighted by Crippen LogP contribution is 2.32. The summed E-state index contributed by atoms with van der Waals surface area (Å²) < 4.78 is 0. The molecule has 2 rings (SSSR count). The fourth-order valence-electron chi connectivity index (χ4n) is 3.60. The monoisotopic (exact) mass is 281 g/mol. The largest absolute Gasteiger partial charge is 0.316 e. The number of piperazine rings is 1. The molecule has 2 aliphatic rings. The third kappa shape index (κ3) is 4.19. The van der Waals surface area contributed by atoms with E-state index in [-0.39, 0.29) is 0 Å². The highest BCUT2D eigenvalue weighted by atomic mass is 15.3. The molecule has 0 radical (unpaired) electrons. The lowest BCUT2D eigenvalue weighted by Gasteiger charge is -2.48. The van der Waals surface area contributed by atoms with E-state index >= 15 is 0 Å². The molecule has 3 unspecified atom stereocenters. The summed E-state index contributed by atoms with van der Waals surface area (Å²) in [5, 5.41) is 3.65. The van der Waals surface area contributed by atoms with Gasteiger partial charge in [0.2, 0.25) is 0 Å². The number of rotatable bonds is 7. The molecule has 1 N–H and O–H groups in total. The molecule has 20 heavy (non-hydrogen) atoms. The maximum Gasteiger partial charge on any atom is 0.0137 e. The summed E-state index contributed by atoms with van der Waals surface area (Å²) in [5.74, 6) is 1.68. The van der Waals surface area contributed by atoms with Crippen molar-refractivity contribution in [2.24, 2.45) is 11.8 Å². The molecule has 3 heteroatoms. The molecule has 0 amide bonds. The first kappa shape index (κ1) is 16.3. The van der Waals surface area contributed by atoms with E-state index in [9.17, 15) is 0 Å². The standard InChI is InChI=1S/C17H35N3/c1-5-15(4)19-8-10-20(11-9-19)17-7-6-16(17)13-18-12-14(2)3/h14-18H,5-13H2,1-4H3. The van der Waals surface area contributed by atoms with E-state index in [0.717, 1.165) is 23.9 Å². The topological polar surface area (TPSA) is 18.5 Å². The number of nitrogens with one attached hydrogen (secondary N) is 1. The van der Waals surface area contributed by atoms with Crippen molar-refractivity contribution < 1.29 is 0 Å². The van der Waals surface area contributed by atoms with Gasteiger partial charge in [0.05, 0.1) is 0 Å². The van der Waals surface area contributed by atoms with Crippen molar-refractivity contribution in [1.29, 1.82) is 0 Å². The molecule has 0 spiro atoms. The van der Waals surface area contributed by atoms with Gasteiger partial charge in [-0.3, -0.25) is 9.80 Å². The van der Waals surface area contributed by atoms with Crippen LogP contribution in [-0.2, 0) is 0 Å². The van der Waals surface area contributed by atoms with Gasteiger partial charge < -0.3 is 5.32 Å². The van der Waals surface area contributed by atoms with Gasteiger partial charge in [-0.25, -0.2) is 0 Å².